The lowest BCUT2D eigenvalue weighted by molar-refractivity contribution is -0.128. The van der Waals surface area contributed by atoms with E-state index in [2.05, 4.69) is 49.9 Å². The first-order valence-electron chi connectivity index (χ1n) is 12.0. The minimum absolute atomic E-state index is 0.0196. The Kier molecular flexibility index (Phi) is 6.83. The molecule has 0 radical (unpaired) electrons. The largest absolute Gasteiger partial charge is 0.449 e. The van der Waals surface area contributed by atoms with Crippen molar-refractivity contribution in [2.75, 3.05) is 19.6 Å². The zero-order valence-electron chi connectivity index (χ0n) is 20.3. The van der Waals surface area contributed by atoms with Crippen LogP contribution in [0.3, 0.4) is 0 Å². The third kappa shape index (κ3) is 5.04. The SMILES string of the molecule is C=C(/C=C\C(CC)=C(C)C)C(=O)N1CCC2(CC1)CC2CNC(=O)c1cc2c(o1)=CNC#CC=2. The van der Waals surface area contributed by atoms with Crippen LogP contribution in [0.5, 0.6) is 0 Å². The van der Waals surface area contributed by atoms with Gasteiger partial charge in [-0.2, -0.15) is 0 Å². The smallest absolute Gasteiger partial charge is 0.287 e. The summed E-state index contributed by atoms with van der Waals surface area (Å²) >= 11 is 0. The summed E-state index contributed by atoms with van der Waals surface area (Å²) in [6, 6.07) is 4.46. The van der Waals surface area contributed by atoms with Crippen LogP contribution in [0.2, 0.25) is 0 Å². The van der Waals surface area contributed by atoms with Gasteiger partial charge in [0.1, 0.15) is 0 Å². The Hall–Kier alpha value is -3.46. The fourth-order valence-electron chi connectivity index (χ4n) is 4.92. The van der Waals surface area contributed by atoms with Crippen LogP contribution in [-0.2, 0) is 4.79 Å². The molecule has 1 saturated carbocycles. The maximum Gasteiger partial charge on any atom is 0.287 e. The van der Waals surface area contributed by atoms with Gasteiger partial charge < -0.3 is 20.0 Å². The van der Waals surface area contributed by atoms with Gasteiger partial charge in [-0.15, -0.1) is 0 Å². The van der Waals surface area contributed by atoms with Crippen LogP contribution < -0.4 is 21.3 Å². The van der Waals surface area contributed by atoms with Gasteiger partial charge in [-0.3, -0.25) is 9.59 Å². The number of hydrogen-bond acceptors (Lipinski definition) is 4. The monoisotopic (exact) mass is 459 g/mol. The van der Waals surface area contributed by atoms with E-state index in [0.717, 1.165) is 44.0 Å². The maximum absolute atomic E-state index is 12.8. The van der Waals surface area contributed by atoms with E-state index in [1.165, 1.54) is 11.1 Å². The Labute approximate surface area is 201 Å². The molecule has 6 nitrogen and oxygen atoms in total. The van der Waals surface area contributed by atoms with Crippen molar-refractivity contribution < 1.29 is 14.0 Å². The van der Waals surface area contributed by atoms with Gasteiger partial charge >= 0.3 is 0 Å². The molecule has 34 heavy (non-hydrogen) atoms. The molecule has 1 atom stereocenters. The third-order valence-electron chi connectivity index (χ3n) is 7.29. The Morgan fingerprint density at radius 2 is 2.09 bits per heavy atom. The highest BCUT2D eigenvalue weighted by Crippen LogP contribution is 2.59. The molecular weight excluding hydrogens is 426 g/mol. The van der Waals surface area contributed by atoms with Gasteiger partial charge in [-0.1, -0.05) is 31.1 Å². The number of rotatable bonds is 7. The number of nitrogens with one attached hydrogen (secondary N) is 2. The van der Waals surface area contributed by atoms with Gasteiger partial charge in [-0.25, -0.2) is 0 Å². The summed E-state index contributed by atoms with van der Waals surface area (Å²) in [6.45, 7) is 12.4. The molecule has 2 aliphatic heterocycles. The normalized spacial score (nSPS) is 19.5. The lowest BCUT2D eigenvalue weighted by Crippen LogP contribution is -2.40. The first-order valence-corrected chi connectivity index (χ1v) is 12.0. The van der Waals surface area contributed by atoms with Crippen LogP contribution in [-0.4, -0.2) is 36.3 Å². The number of furan rings is 1. The molecule has 2 amide bonds. The van der Waals surface area contributed by atoms with E-state index in [1.807, 2.05) is 17.1 Å². The molecule has 1 unspecified atom stereocenters. The van der Waals surface area contributed by atoms with E-state index in [1.54, 1.807) is 18.3 Å². The summed E-state index contributed by atoms with van der Waals surface area (Å²) < 4.78 is 5.65. The molecule has 4 rings (SSSR count). The van der Waals surface area contributed by atoms with Crippen LogP contribution in [0, 0.1) is 23.3 Å². The summed E-state index contributed by atoms with van der Waals surface area (Å²) in [6.07, 6.45) is 11.2. The number of nitrogens with zero attached hydrogens (tertiary/aromatic N) is 1. The number of allylic oxidation sites excluding steroid dienone is 3. The zero-order chi connectivity index (χ0) is 24.3. The molecule has 2 N–H and O–H groups in total. The standard InChI is InChI=1S/C28H33N3O3/c1-5-21(19(2)3)9-8-20(4)27(33)31-13-10-28(11-14-31)16-23(28)17-30-26(32)24-15-22-7-6-12-29-18-25(22)34-24/h7-9,15,18,23,29H,4-5,10-11,13-14,16-17H2,1-3H3,(H,30,32)/b9-8-. The molecule has 3 heterocycles. The second kappa shape index (κ2) is 9.80. The Morgan fingerprint density at radius 1 is 1.32 bits per heavy atom. The Bertz CT molecular complexity index is 1240. The number of piperidine rings is 1. The molecule has 178 valence electrons. The molecule has 3 aliphatic rings. The average Bonchev–Trinajstić information content (AvgIpc) is 3.42. The molecular formula is C28H33N3O3. The van der Waals surface area contributed by atoms with Crippen LogP contribution in [0.1, 0.15) is 57.0 Å². The molecule has 2 fully saturated rings. The number of carbonyl (C=O) groups excluding carboxylic acids is 2. The molecule has 1 aromatic rings. The highest BCUT2D eigenvalue weighted by Gasteiger charge is 2.54. The predicted octanol–water partition coefficient (Wildman–Crippen LogP) is 2.58. The van der Waals surface area contributed by atoms with E-state index in [9.17, 15) is 9.59 Å². The summed E-state index contributed by atoms with van der Waals surface area (Å²) in [5.41, 5.74) is 3.86. The van der Waals surface area contributed by atoms with Crippen molar-refractivity contribution in [2.24, 2.45) is 11.3 Å². The van der Waals surface area contributed by atoms with Gasteiger partial charge in [0.15, 0.2) is 11.2 Å². The van der Waals surface area contributed by atoms with Crippen molar-refractivity contribution in [1.82, 2.24) is 15.5 Å². The summed E-state index contributed by atoms with van der Waals surface area (Å²) in [4.78, 5) is 27.3. The fourth-order valence-corrected chi connectivity index (χ4v) is 4.92. The average molecular weight is 460 g/mol. The van der Waals surface area contributed by atoms with Crippen molar-refractivity contribution >= 4 is 24.1 Å². The lowest BCUT2D eigenvalue weighted by Gasteiger charge is -2.33. The quantitative estimate of drug-likeness (QED) is 0.373. The van der Waals surface area contributed by atoms with Crippen molar-refractivity contribution in [3.8, 4) is 12.0 Å². The van der Waals surface area contributed by atoms with Crippen molar-refractivity contribution in [1.29, 1.82) is 0 Å². The van der Waals surface area contributed by atoms with E-state index < -0.39 is 0 Å². The molecule has 1 aliphatic carbocycles. The molecule has 1 spiro atoms. The second-order valence-electron chi connectivity index (χ2n) is 9.64. The number of amides is 2. The number of likely N-dealkylation sites (tertiary alicyclic amines) is 1. The van der Waals surface area contributed by atoms with Crippen LogP contribution in [0.25, 0.3) is 12.3 Å². The highest BCUT2D eigenvalue weighted by molar-refractivity contribution is 5.95. The third-order valence-corrected chi connectivity index (χ3v) is 7.29. The summed E-state index contributed by atoms with van der Waals surface area (Å²) in [5.74, 6) is 3.40. The van der Waals surface area contributed by atoms with E-state index >= 15 is 0 Å². The maximum atomic E-state index is 12.8. The second-order valence-corrected chi connectivity index (χ2v) is 9.64. The van der Waals surface area contributed by atoms with Crippen molar-refractivity contribution in [3.63, 3.8) is 0 Å². The number of fused-ring (bicyclic) bond motifs is 1. The van der Waals surface area contributed by atoms with E-state index in [-0.39, 0.29) is 17.2 Å². The van der Waals surface area contributed by atoms with Crippen molar-refractivity contribution in [2.45, 2.75) is 46.5 Å². The van der Waals surface area contributed by atoms with E-state index in [0.29, 0.717) is 29.2 Å². The van der Waals surface area contributed by atoms with Gasteiger partial charge in [-0.05, 0) is 68.6 Å². The van der Waals surface area contributed by atoms with Gasteiger partial charge in [0, 0.05) is 42.5 Å². The van der Waals surface area contributed by atoms with Crippen LogP contribution in [0.15, 0.2) is 45.9 Å². The molecule has 1 saturated heterocycles. The first-order chi connectivity index (χ1) is 16.3. The minimum Gasteiger partial charge on any atom is -0.449 e. The Morgan fingerprint density at radius 3 is 2.79 bits per heavy atom. The van der Waals surface area contributed by atoms with Gasteiger partial charge in [0.25, 0.3) is 11.8 Å². The van der Waals surface area contributed by atoms with Gasteiger partial charge in [0.05, 0.1) is 6.20 Å². The van der Waals surface area contributed by atoms with Gasteiger partial charge in [0.2, 0.25) is 0 Å². The molecule has 6 heteroatoms. The number of hydrogen-bond donors (Lipinski definition) is 2. The zero-order valence-corrected chi connectivity index (χ0v) is 20.3. The molecule has 0 aromatic carbocycles. The highest BCUT2D eigenvalue weighted by atomic mass is 16.3. The summed E-state index contributed by atoms with van der Waals surface area (Å²) in [7, 11) is 0. The minimum atomic E-state index is -0.205. The fraction of sp³-hybridized carbons (Fsp3) is 0.429. The predicted molar refractivity (Wildman–Crippen MR) is 133 cm³/mol. The topological polar surface area (TPSA) is 74.6 Å². The first kappa shape index (κ1) is 23.7. The van der Waals surface area contributed by atoms with Crippen LogP contribution in [0.4, 0.5) is 0 Å². The lowest BCUT2D eigenvalue weighted by atomic mass is 9.90. The van der Waals surface area contributed by atoms with Crippen LogP contribution >= 0.6 is 0 Å². The Balaban J connectivity index is 1.26. The molecule has 0 bridgehead atoms. The summed E-state index contributed by atoms with van der Waals surface area (Å²) in [5, 5.41) is 6.63. The van der Waals surface area contributed by atoms with E-state index in [4.69, 9.17) is 4.42 Å². The van der Waals surface area contributed by atoms with Crippen molar-refractivity contribution in [3.05, 3.63) is 57.9 Å². The molecule has 1 aromatic heterocycles. The number of carbonyl (C=O) groups is 2.